The van der Waals surface area contributed by atoms with Crippen molar-refractivity contribution >= 4 is 0 Å². The fourth-order valence-corrected chi connectivity index (χ4v) is 4.17. The van der Waals surface area contributed by atoms with Crippen LogP contribution in [0.3, 0.4) is 0 Å². The van der Waals surface area contributed by atoms with E-state index in [1.165, 1.54) is 51.4 Å². The van der Waals surface area contributed by atoms with Gasteiger partial charge in [-0.1, -0.05) is 32.6 Å². The van der Waals surface area contributed by atoms with Crippen LogP contribution in [0.2, 0.25) is 0 Å². The zero-order valence-electron chi connectivity index (χ0n) is 11.5. The quantitative estimate of drug-likeness (QED) is 0.620. The van der Waals surface area contributed by atoms with Crippen molar-refractivity contribution in [2.75, 3.05) is 6.67 Å². The average Bonchev–Trinajstić information content (AvgIpc) is 2.40. The second-order valence-corrected chi connectivity index (χ2v) is 6.50. The van der Waals surface area contributed by atoms with E-state index in [9.17, 15) is 4.39 Å². The van der Waals surface area contributed by atoms with Crippen LogP contribution in [0.5, 0.6) is 0 Å². The molecule has 0 heterocycles. The van der Waals surface area contributed by atoms with Gasteiger partial charge in [-0.3, -0.25) is 4.39 Å². The summed E-state index contributed by atoms with van der Waals surface area (Å²) in [4.78, 5) is 0. The van der Waals surface area contributed by atoms with Gasteiger partial charge in [0.15, 0.2) is 0 Å². The Morgan fingerprint density at radius 1 is 0.765 bits per heavy atom. The van der Waals surface area contributed by atoms with Crippen LogP contribution in [0, 0.1) is 23.7 Å². The number of halogens is 1. The number of rotatable bonds is 4. The Morgan fingerprint density at radius 3 is 1.65 bits per heavy atom. The molecule has 0 aromatic carbocycles. The van der Waals surface area contributed by atoms with Gasteiger partial charge in [0.25, 0.3) is 0 Å². The van der Waals surface area contributed by atoms with Crippen molar-refractivity contribution in [3.63, 3.8) is 0 Å². The van der Waals surface area contributed by atoms with Gasteiger partial charge in [0.1, 0.15) is 0 Å². The molecule has 0 aliphatic heterocycles. The van der Waals surface area contributed by atoms with E-state index in [0.29, 0.717) is 5.92 Å². The molecule has 0 aromatic heterocycles. The molecule has 0 nitrogen and oxygen atoms in total. The van der Waals surface area contributed by atoms with Gasteiger partial charge in [-0.25, -0.2) is 0 Å². The van der Waals surface area contributed by atoms with Gasteiger partial charge in [0.2, 0.25) is 0 Å². The monoisotopic (exact) mass is 240 g/mol. The molecule has 2 fully saturated rings. The van der Waals surface area contributed by atoms with Gasteiger partial charge >= 0.3 is 0 Å². The molecule has 0 N–H and O–H groups in total. The third-order valence-corrected chi connectivity index (χ3v) is 5.36. The highest BCUT2D eigenvalue weighted by Crippen LogP contribution is 2.42. The summed E-state index contributed by atoms with van der Waals surface area (Å²) in [6.07, 6.45) is 13.6. The Balaban J connectivity index is 1.70. The summed E-state index contributed by atoms with van der Waals surface area (Å²) in [6.45, 7) is 2.24. The van der Waals surface area contributed by atoms with Crippen molar-refractivity contribution in [3.05, 3.63) is 0 Å². The van der Waals surface area contributed by atoms with E-state index in [-0.39, 0.29) is 6.67 Å². The van der Waals surface area contributed by atoms with Crippen molar-refractivity contribution < 1.29 is 4.39 Å². The Morgan fingerprint density at radius 2 is 1.24 bits per heavy atom. The smallest absolute Gasteiger partial charge is 0.0922 e. The standard InChI is InChI=1S/C16H29F/c1-2-3-13-4-8-15(9-5-13)16-10-6-14(12-17)7-11-16/h13-16H,2-12H2,1H3/t13-,14?,15-,16?. The van der Waals surface area contributed by atoms with Crippen molar-refractivity contribution in [1.29, 1.82) is 0 Å². The molecule has 2 aliphatic carbocycles. The first-order valence-electron chi connectivity index (χ1n) is 7.89. The van der Waals surface area contributed by atoms with Gasteiger partial charge in [0, 0.05) is 0 Å². The molecular weight excluding hydrogens is 211 g/mol. The molecule has 0 atom stereocenters. The summed E-state index contributed by atoms with van der Waals surface area (Å²) in [7, 11) is 0. The molecule has 0 radical (unpaired) electrons. The van der Waals surface area contributed by atoms with E-state index in [1.54, 1.807) is 0 Å². The molecule has 0 aromatic rings. The van der Waals surface area contributed by atoms with Crippen LogP contribution in [0.25, 0.3) is 0 Å². The van der Waals surface area contributed by atoms with Gasteiger partial charge in [-0.05, 0) is 62.2 Å². The summed E-state index contributed by atoms with van der Waals surface area (Å²) in [5, 5.41) is 0. The second-order valence-electron chi connectivity index (χ2n) is 6.50. The Labute approximate surface area is 106 Å². The van der Waals surface area contributed by atoms with Crippen LogP contribution in [-0.2, 0) is 0 Å². The van der Waals surface area contributed by atoms with Crippen LogP contribution in [0.4, 0.5) is 4.39 Å². The van der Waals surface area contributed by atoms with Gasteiger partial charge < -0.3 is 0 Å². The largest absolute Gasteiger partial charge is 0.251 e. The predicted molar refractivity (Wildman–Crippen MR) is 71.8 cm³/mol. The highest BCUT2D eigenvalue weighted by molar-refractivity contribution is 4.81. The van der Waals surface area contributed by atoms with E-state index in [4.69, 9.17) is 0 Å². The van der Waals surface area contributed by atoms with Crippen molar-refractivity contribution in [2.45, 2.75) is 71.1 Å². The van der Waals surface area contributed by atoms with Crippen LogP contribution >= 0.6 is 0 Å². The van der Waals surface area contributed by atoms with Crippen molar-refractivity contribution in [2.24, 2.45) is 23.7 Å². The number of alkyl halides is 1. The third kappa shape index (κ3) is 3.69. The summed E-state index contributed by atoms with van der Waals surface area (Å²) in [5.74, 6) is 3.37. The van der Waals surface area contributed by atoms with E-state index in [0.717, 1.165) is 30.6 Å². The molecule has 0 spiro atoms. The summed E-state index contributed by atoms with van der Waals surface area (Å²) in [5.41, 5.74) is 0. The highest BCUT2D eigenvalue weighted by atomic mass is 19.1. The minimum absolute atomic E-state index is 0.0735. The third-order valence-electron chi connectivity index (χ3n) is 5.36. The first-order chi connectivity index (χ1) is 8.33. The fourth-order valence-electron chi connectivity index (χ4n) is 4.17. The summed E-state index contributed by atoms with van der Waals surface area (Å²) in [6, 6.07) is 0. The maximum absolute atomic E-state index is 12.6. The van der Waals surface area contributed by atoms with Crippen LogP contribution in [0.15, 0.2) is 0 Å². The SMILES string of the molecule is CCC[C@H]1CC[C@H](C2CCC(CF)CC2)CC1. The van der Waals surface area contributed by atoms with Crippen molar-refractivity contribution in [1.82, 2.24) is 0 Å². The van der Waals surface area contributed by atoms with Gasteiger partial charge in [-0.2, -0.15) is 0 Å². The predicted octanol–water partition coefficient (Wildman–Crippen LogP) is 5.37. The van der Waals surface area contributed by atoms with Crippen LogP contribution in [-0.4, -0.2) is 6.67 Å². The first-order valence-corrected chi connectivity index (χ1v) is 7.89. The molecule has 1 heteroatoms. The number of hydrogen-bond donors (Lipinski definition) is 0. The molecule has 0 amide bonds. The van der Waals surface area contributed by atoms with Gasteiger partial charge in [-0.15, -0.1) is 0 Å². The van der Waals surface area contributed by atoms with E-state index in [2.05, 4.69) is 6.92 Å². The average molecular weight is 240 g/mol. The zero-order valence-corrected chi connectivity index (χ0v) is 11.5. The fraction of sp³-hybridized carbons (Fsp3) is 1.00. The topological polar surface area (TPSA) is 0 Å². The highest BCUT2D eigenvalue weighted by Gasteiger charge is 2.30. The summed E-state index contributed by atoms with van der Waals surface area (Å²) < 4.78 is 12.6. The first kappa shape index (κ1) is 13.4. The molecule has 2 rings (SSSR count). The molecule has 0 bridgehead atoms. The van der Waals surface area contributed by atoms with Crippen LogP contribution in [0.1, 0.15) is 71.1 Å². The molecule has 0 unspecified atom stereocenters. The lowest BCUT2D eigenvalue weighted by Gasteiger charge is -2.37. The normalized spacial score (nSPS) is 39.2. The molecule has 100 valence electrons. The Kier molecular flexibility index (Phi) is 5.31. The molecule has 17 heavy (non-hydrogen) atoms. The van der Waals surface area contributed by atoms with Crippen molar-refractivity contribution in [3.8, 4) is 0 Å². The molecule has 2 aliphatic rings. The Bertz CT molecular complexity index is 198. The maximum Gasteiger partial charge on any atom is 0.0922 e. The zero-order chi connectivity index (χ0) is 12.1. The summed E-state index contributed by atoms with van der Waals surface area (Å²) >= 11 is 0. The number of hydrogen-bond acceptors (Lipinski definition) is 0. The van der Waals surface area contributed by atoms with Gasteiger partial charge in [0.05, 0.1) is 6.67 Å². The minimum Gasteiger partial charge on any atom is -0.251 e. The Hall–Kier alpha value is -0.0700. The molecule has 2 saturated carbocycles. The second kappa shape index (κ2) is 6.75. The van der Waals surface area contributed by atoms with E-state index in [1.807, 2.05) is 0 Å². The lowest BCUT2D eigenvalue weighted by Crippen LogP contribution is -2.26. The molecule has 0 saturated heterocycles. The van der Waals surface area contributed by atoms with Crippen LogP contribution < -0.4 is 0 Å². The van der Waals surface area contributed by atoms with E-state index < -0.39 is 0 Å². The maximum atomic E-state index is 12.6. The lowest BCUT2D eigenvalue weighted by atomic mass is 9.69. The minimum atomic E-state index is -0.0735. The van der Waals surface area contributed by atoms with E-state index >= 15 is 0 Å². The molecular formula is C16H29F. The lowest BCUT2D eigenvalue weighted by molar-refractivity contribution is 0.134.